The number of hydrogen-bond acceptors (Lipinski definition) is 3. The molecule has 1 fully saturated rings. The molecule has 1 saturated carbocycles. The zero-order valence-corrected chi connectivity index (χ0v) is 14.5. The molecule has 23 heavy (non-hydrogen) atoms. The lowest BCUT2D eigenvalue weighted by Crippen LogP contribution is -2.23. The molecule has 0 amide bonds. The van der Waals surface area contributed by atoms with Gasteiger partial charge in [0.2, 0.25) is 0 Å². The Bertz CT molecular complexity index is 539. The molecule has 1 aromatic carbocycles. The van der Waals surface area contributed by atoms with Gasteiger partial charge in [0.25, 0.3) is 0 Å². The number of aliphatic hydroxyl groups is 1. The molecular weight excluding hydrogens is 288 g/mol. The van der Waals surface area contributed by atoms with E-state index in [1.807, 2.05) is 45.0 Å². The van der Waals surface area contributed by atoms with Gasteiger partial charge in [-0.05, 0) is 77.0 Å². The van der Waals surface area contributed by atoms with E-state index in [0.717, 1.165) is 38.5 Å². The van der Waals surface area contributed by atoms with Crippen LogP contribution < -0.4 is 0 Å². The summed E-state index contributed by atoms with van der Waals surface area (Å²) < 4.78 is 5.36. The van der Waals surface area contributed by atoms with Crippen molar-refractivity contribution in [3.05, 3.63) is 47.0 Å². The zero-order chi connectivity index (χ0) is 16.9. The van der Waals surface area contributed by atoms with Gasteiger partial charge in [-0.1, -0.05) is 23.8 Å². The van der Waals surface area contributed by atoms with Crippen molar-refractivity contribution in [2.24, 2.45) is 0 Å². The summed E-state index contributed by atoms with van der Waals surface area (Å²) in [5, 5.41) is 9.51. The third kappa shape index (κ3) is 6.19. The van der Waals surface area contributed by atoms with Crippen molar-refractivity contribution in [3.63, 3.8) is 0 Å². The summed E-state index contributed by atoms with van der Waals surface area (Å²) in [6.07, 6.45) is 8.04. The van der Waals surface area contributed by atoms with E-state index in [1.165, 1.54) is 11.1 Å². The highest BCUT2D eigenvalue weighted by Crippen LogP contribution is 2.24. The van der Waals surface area contributed by atoms with Gasteiger partial charge < -0.3 is 9.84 Å². The number of carbonyl (C=O) groups excluding carboxylic acids is 1. The molecule has 1 N–H and O–H groups in total. The monoisotopic (exact) mass is 316 g/mol. The maximum Gasteiger partial charge on any atom is 0.338 e. The van der Waals surface area contributed by atoms with Gasteiger partial charge in [-0.15, -0.1) is 0 Å². The highest BCUT2D eigenvalue weighted by molar-refractivity contribution is 5.89. The van der Waals surface area contributed by atoms with Crippen molar-refractivity contribution in [3.8, 4) is 0 Å². The summed E-state index contributed by atoms with van der Waals surface area (Å²) in [5.74, 6) is -0.271. The highest BCUT2D eigenvalue weighted by Gasteiger charge is 2.17. The first-order valence-electron chi connectivity index (χ1n) is 8.52. The lowest BCUT2D eigenvalue weighted by atomic mass is 9.91. The van der Waals surface area contributed by atoms with Crippen LogP contribution in [0.5, 0.6) is 0 Å². The van der Waals surface area contributed by atoms with Crippen LogP contribution in [0, 0.1) is 0 Å². The van der Waals surface area contributed by atoms with Gasteiger partial charge >= 0.3 is 5.97 Å². The summed E-state index contributed by atoms with van der Waals surface area (Å²) >= 11 is 0. The molecule has 0 heterocycles. The molecule has 0 bridgehead atoms. The average Bonchev–Trinajstić information content (AvgIpc) is 2.48. The van der Waals surface area contributed by atoms with Crippen LogP contribution in [0.2, 0.25) is 0 Å². The quantitative estimate of drug-likeness (QED) is 0.660. The van der Waals surface area contributed by atoms with Crippen LogP contribution in [-0.2, 0) is 11.2 Å². The van der Waals surface area contributed by atoms with Crippen molar-refractivity contribution in [2.45, 2.75) is 71.0 Å². The van der Waals surface area contributed by atoms with Crippen LogP contribution in [0.25, 0.3) is 0 Å². The van der Waals surface area contributed by atoms with E-state index in [-0.39, 0.29) is 12.1 Å². The molecule has 0 unspecified atom stereocenters. The van der Waals surface area contributed by atoms with Gasteiger partial charge in [0.1, 0.15) is 5.60 Å². The Kier molecular flexibility index (Phi) is 6.00. The lowest BCUT2D eigenvalue weighted by Gasteiger charge is -2.19. The predicted octanol–water partition coefficient (Wildman–Crippen LogP) is 4.44. The van der Waals surface area contributed by atoms with Crippen LogP contribution in [0.1, 0.15) is 68.8 Å². The number of rotatable bonds is 4. The van der Waals surface area contributed by atoms with Crippen LogP contribution in [0.4, 0.5) is 0 Å². The highest BCUT2D eigenvalue weighted by atomic mass is 16.6. The molecule has 2 rings (SSSR count). The van der Waals surface area contributed by atoms with E-state index in [9.17, 15) is 9.90 Å². The summed E-state index contributed by atoms with van der Waals surface area (Å²) in [6, 6.07) is 7.69. The molecule has 3 heteroatoms. The Morgan fingerprint density at radius 1 is 1.22 bits per heavy atom. The maximum absolute atomic E-state index is 12.0. The minimum Gasteiger partial charge on any atom is -0.456 e. The number of ether oxygens (including phenoxy) is 1. The van der Waals surface area contributed by atoms with Crippen molar-refractivity contribution in [1.29, 1.82) is 0 Å². The van der Waals surface area contributed by atoms with Crippen molar-refractivity contribution < 1.29 is 14.6 Å². The first kappa shape index (κ1) is 17.7. The minimum absolute atomic E-state index is 0.104. The summed E-state index contributed by atoms with van der Waals surface area (Å²) in [5.41, 5.74) is 2.84. The molecule has 0 atom stereocenters. The standard InChI is InChI=1S/C20H28O3/c1-20(2,3)23-19(22)17-11-7-15(8-12-17)5-4-6-16-9-13-18(21)14-10-16/h6-8,11-12,18,21H,4-5,9-10,13-14H2,1-3H3. The topological polar surface area (TPSA) is 46.5 Å². The molecule has 0 spiro atoms. The second kappa shape index (κ2) is 7.78. The zero-order valence-electron chi connectivity index (χ0n) is 14.5. The minimum atomic E-state index is -0.463. The largest absolute Gasteiger partial charge is 0.456 e. The third-order valence-electron chi connectivity index (χ3n) is 4.05. The Labute approximate surface area is 139 Å². The number of aliphatic hydroxyl groups excluding tert-OH is 1. The summed E-state index contributed by atoms with van der Waals surface area (Å²) in [6.45, 7) is 5.62. The fourth-order valence-electron chi connectivity index (χ4n) is 2.76. The number of hydrogen-bond donors (Lipinski definition) is 1. The normalized spacial score (nSPS) is 18.6. The number of allylic oxidation sites excluding steroid dienone is 2. The van der Waals surface area contributed by atoms with E-state index in [0.29, 0.717) is 5.56 Å². The van der Waals surface area contributed by atoms with Gasteiger partial charge in [0.15, 0.2) is 0 Å². The van der Waals surface area contributed by atoms with E-state index < -0.39 is 5.60 Å². The van der Waals surface area contributed by atoms with Gasteiger partial charge in [0, 0.05) is 0 Å². The molecule has 1 aliphatic carbocycles. The fraction of sp³-hybridized carbons (Fsp3) is 0.550. The molecule has 126 valence electrons. The maximum atomic E-state index is 12.0. The van der Waals surface area contributed by atoms with Crippen molar-refractivity contribution in [1.82, 2.24) is 0 Å². The molecule has 1 aliphatic rings. The molecular formula is C20H28O3. The second-order valence-corrected chi connectivity index (χ2v) is 7.33. The Morgan fingerprint density at radius 3 is 2.39 bits per heavy atom. The van der Waals surface area contributed by atoms with Crippen LogP contribution in [0.3, 0.4) is 0 Å². The van der Waals surface area contributed by atoms with E-state index in [4.69, 9.17) is 4.74 Å². The smallest absolute Gasteiger partial charge is 0.338 e. The predicted molar refractivity (Wildman–Crippen MR) is 92.5 cm³/mol. The second-order valence-electron chi connectivity index (χ2n) is 7.33. The molecule has 0 aliphatic heterocycles. The van der Waals surface area contributed by atoms with Gasteiger partial charge in [-0.25, -0.2) is 4.79 Å². The first-order chi connectivity index (χ1) is 10.8. The van der Waals surface area contributed by atoms with Gasteiger partial charge in [0.05, 0.1) is 11.7 Å². The molecule has 0 aromatic heterocycles. The van der Waals surface area contributed by atoms with E-state index >= 15 is 0 Å². The third-order valence-corrected chi connectivity index (χ3v) is 4.05. The Balaban J connectivity index is 1.83. The number of benzene rings is 1. The summed E-state index contributed by atoms with van der Waals surface area (Å²) in [7, 11) is 0. The SMILES string of the molecule is CC(C)(C)OC(=O)c1ccc(CCC=C2CCC(O)CC2)cc1. The molecule has 3 nitrogen and oxygen atoms in total. The Hall–Kier alpha value is -1.61. The van der Waals surface area contributed by atoms with Crippen molar-refractivity contribution in [2.75, 3.05) is 0 Å². The molecule has 0 saturated heterocycles. The number of esters is 1. The molecule has 1 aromatic rings. The Morgan fingerprint density at radius 2 is 1.83 bits per heavy atom. The van der Waals surface area contributed by atoms with E-state index in [2.05, 4.69) is 6.08 Å². The first-order valence-corrected chi connectivity index (χ1v) is 8.52. The van der Waals surface area contributed by atoms with Gasteiger partial charge in [-0.2, -0.15) is 0 Å². The van der Waals surface area contributed by atoms with E-state index in [1.54, 1.807) is 0 Å². The van der Waals surface area contributed by atoms with Crippen molar-refractivity contribution >= 4 is 5.97 Å². The number of aryl methyl sites for hydroxylation is 1. The lowest BCUT2D eigenvalue weighted by molar-refractivity contribution is 0.00695. The fourth-order valence-corrected chi connectivity index (χ4v) is 2.76. The molecule has 0 radical (unpaired) electrons. The number of carbonyl (C=O) groups is 1. The summed E-state index contributed by atoms with van der Waals surface area (Å²) in [4.78, 5) is 12.0. The van der Waals surface area contributed by atoms with Crippen LogP contribution in [0.15, 0.2) is 35.9 Å². The average molecular weight is 316 g/mol. The van der Waals surface area contributed by atoms with Gasteiger partial charge in [-0.3, -0.25) is 0 Å². The van der Waals surface area contributed by atoms with Crippen LogP contribution in [-0.4, -0.2) is 22.8 Å². The van der Waals surface area contributed by atoms with Crippen LogP contribution >= 0.6 is 0 Å².